The van der Waals surface area contributed by atoms with E-state index in [1.54, 1.807) is 0 Å². The molecule has 0 aromatic carbocycles. The van der Waals surface area contributed by atoms with Crippen molar-refractivity contribution in [2.45, 2.75) is 542 Å². The number of carbonyl (C=O) groups excluding carboxylic acids is 2. The Kier molecular flexibility index (Phi) is 87.4. The number of aliphatic carboxylic acids is 1. The molecule has 0 aromatic heterocycles. The van der Waals surface area contributed by atoms with Crippen LogP contribution in [0.1, 0.15) is 542 Å². The van der Waals surface area contributed by atoms with Gasteiger partial charge in [-0.2, -0.15) is 0 Å². The quantitative estimate of drug-likeness (QED) is 0.0373. The molecule has 0 saturated carbocycles. The maximum Gasteiger partial charge on any atom is 0.314 e. The van der Waals surface area contributed by atoms with Crippen LogP contribution in [0.25, 0.3) is 0 Å². The van der Waals surface area contributed by atoms with E-state index in [9.17, 15) is 19.5 Å². The molecule has 0 aromatic rings. The van der Waals surface area contributed by atoms with Crippen molar-refractivity contribution in [3.63, 3.8) is 0 Å². The standard InChI is InChI=1S/C54H106O3.C36H72O2/c1-4-5-6-7-8-9-10-11-31-34-37-40-43-46-49-52(54(56)57)53(55)50-47-44-41-38-35-32-29-27-25-23-21-19-17-15-13-12-14-16-18-20-22-24-26-28-30-33-36-39-42-45-48-51(2)3;1-3-5-7-9-11-13-15-17-19-21-23-25-27-29-31-33-35-38-36(37)34-32-30-28-26-24-22-20-18-16-14-12-10-8-6-4-2/h51-52H,4-50H2,1-3H3,(H,56,57);3-35H2,1-2H3. The molecule has 1 unspecified atom stereocenters. The van der Waals surface area contributed by atoms with Crippen molar-refractivity contribution >= 4 is 17.7 Å². The lowest BCUT2D eigenvalue weighted by Crippen LogP contribution is -2.23. The van der Waals surface area contributed by atoms with Gasteiger partial charge in [0.15, 0.2) is 0 Å². The Morgan fingerprint density at radius 2 is 0.411 bits per heavy atom. The second-order valence-electron chi connectivity index (χ2n) is 31.5. The summed E-state index contributed by atoms with van der Waals surface area (Å²) in [5.41, 5.74) is 0. The Labute approximate surface area is 599 Å². The van der Waals surface area contributed by atoms with Gasteiger partial charge in [0.1, 0.15) is 11.7 Å². The van der Waals surface area contributed by atoms with E-state index in [2.05, 4.69) is 34.6 Å². The minimum absolute atomic E-state index is 0.0284. The average molecular weight is 1340 g/mol. The molecule has 1 N–H and O–H groups in total. The summed E-state index contributed by atoms with van der Waals surface area (Å²) in [5, 5.41) is 9.65. The van der Waals surface area contributed by atoms with Gasteiger partial charge in [0.05, 0.1) is 6.61 Å². The van der Waals surface area contributed by atoms with E-state index < -0.39 is 11.9 Å². The molecule has 0 spiro atoms. The Balaban J connectivity index is 0. The van der Waals surface area contributed by atoms with Crippen LogP contribution in [0.5, 0.6) is 0 Å². The molecule has 0 aliphatic heterocycles. The van der Waals surface area contributed by atoms with Gasteiger partial charge < -0.3 is 9.84 Å². The van der Waals surface area contributed by atoms with Crippen molar-refractivity contribution in [1.29, 1.82) is 0 Å². The second kappa shape index (κ2) is 86.8. The fraction of sp³-hybridized carbons (Fsp3) is 0.967. The molecule has 0 amide bonds. The molecule has 0 heterocycles. The van der Waals surface area contributed by atoms with Gasteiger partial charge in [-0.1, -0.05) is 503 Å². The van der Waals surface area contributed by atoms with Crippen LogP contribution in [-0.4, -0.2) is 29.4 Å². The van der Waals surface area contributed by atoms with Gasteiger partial charge in [0, 0.05) is 12.8 Å². The highest BCUT2D eigenvalue weighted by atomic mass is 16.5. The van der Waals surface area contributed by atoms with Crippen LogP contribution >= 0.6 is 0 Å². The maximum absolute atomic E-state index is 12.6. The highest BCUT2D eigenvalue weighted by Crippen LogP contribution is 2.23. The van der Waals surface area contributed by atoms with Crippen LogP contribution in [0.2, 0.25) is 0 Å². The van der Waals surface area contributed by atoms with E-state index in [1.165, 1.54) is 449 Å². The number of esters is 1. The molecular formula is C90H178O5. The van der Waals surface area contributed by atoms with Crippen molar-refractivity contribution in [2.24, 2.45) is 11.8 Å². The Morgan fingerprint density at radius 1 is 0.232 bits per heavy atom. The summed E-state index contributed by atoms with van der Waals surface area (Å²) in [4.78, 5) is 36.3. The molecule has 5 nitrogen and oxygen atoms in total. The summed E-state index contributed by atoms with van der Waals surface area (Å²) in [6.45, 7) is 12.2. The van der Waals surface area contributed by atoms with Gasteiger partial charge in [0.25, 0.3) is 0 Å². The number of ether oxygens (including phenoxy) is 1. The first-order valence-electron chi connectivity index (χ1n) is 44.7. The summed E-state index contributed by atoms with van der Waals surface area (Å²) in [7, 11) is 0. The van der Waals surface area contributed by atoms with Gasteiger partial charge >= 0.3 is 11.9 Å². The second-order valence-corrected chi connectivity index (χ2v) is 31.5. The number of carbonyl (C=O) groups is 3. The molecule has 0 aliphatic carbocycles. The van der Waals surface area contributed by atoms with Crippen molar-refractivity contribution in [2.75, 3.05) is 6.61 Å². The number of carboxylic acid groups (broad SMARTS) is 1. The third kappa shape index (κ3) is 86.8. The third-order valence-corrected chi connectivity index (χ3v) is 21.2. The number of hydrogen-bond donors (Lipinski definition) is 1. The molecule has 0 saturated heterocycles. The summed E-state index contributed by atoms with van der Waals surface area (Å²) in [5.74, 6) is -0.794. The molecule has 5 heteroatoms. The molecule has 568 valence electrons. The highest BCUT2D eigenvalue weighted by Gasteiger charge is 2.25. The lowest BCUT2D eigenvalue weighted by molar-refractivity contribution is -0.147. The third-order valence-electron chi connectivity index (χ3n) is 21.2. The monoisotopic (exact) mass is 1340 g/mol. The Hall–Kier alpha value is -1.39. The van der Waals surface area contributed by atoms with Crippen molar-refractivity contribution in [3.8, 4) is 0 Å². The first-order chi connectivity index (χ1) is 46.8. The summed E-state index contributed by atoms with van der Waals surface area (Å²) >= 11 is 0. The summed E-state index contributed by atoms with van der Waals surface area (Å²) < 4.78 is 5.44. The largest absolute Gasteiger partial charge is 0.481 e. The number of Topliss-reactive ketones (excluding diaryl/α,β-unsaturated/α-hetero) is 1. The molecule has 0 aliphatic rings. The lowest BCUT2D eigenvalue weighted by Gasteiger charge is -2.11. The molecule has 0 rings (SSSR count). The summed E-state index contributed by atoms with van der Waals surface area (Å²) in [6, 6.07) is 0. The van der Waals surface area contributed by atoms with Gasteiger partial charge in [-0.3, -0.25) is 14.4 Å². The highest BCUT2D eigenvalue weighted by molar-refractivity contribution is 5.98. The average Bonchev–Trinajstić information content (AvgIpc) is 3.53. The molecular weight excluding hydrogens is 1160 g/mol. The number of hydrogen-bond acceptors (Lipinski definition) is 4. The van der Waals surface area contributed by atoms with Crippen molar-refractivity contribution in [3.05, 3.63) is 0 Å². The van der Waals surface area contributed by atoms with Crippen molar-refractivity contribution in [1.82, 2.24) is 0 Å². The van der Waals surface area contributed by atoms with Crippen LogP contribution in [-0.2, 0) is 19.1 Å². The fourth-order valence-corrected chi connectivity index (χ4v) is 14.5. The number of ketones is 1. The number of carboxylic acids is 1. The van der Waals surface area contributed by atoms with Crippen LogP contribution in [0.3, 0.4) is 0 Å². The van der Waals surface area contributed by atoms with Crippen LogP contribution in [0.15, 0.2) is 0 Å². The van der Waals surface area contributed by atoms with Crippen LogP contribution < -0.4 is 0 Å². The van der Waals surface area contributed by atoms with E-state index in [4.69, 9.17) is 4.74 Å². The molecule has 0 radical (unpaired) electrons. The van der Waals surface area contributed by atoms with Gasteiger partial charge in [-0.25, -0.2) is 0 Å². The maximum atomic E-state index is 12.6. The zero-order valence-corrected chi connectivity index (χ0v) is 66.3. The van der Waals surface area contributed by atoms with E-state index in [0.717, 1.165) is 44.4 Å². The first-order valence-corrected chi connectivity index (χ1v) is 44.7. The SMILES string of the molecule is CCCCCCCCCCCCCCCCC(C(=O)O)C(=O)CCCCCCCCCCCCCCCCCCCCCCCCCCCCCCCCC(C)C.CCCCCCCCCCCCCCCCCCOC(=O)CCCCCCCCCCCCCCCCC. The van der Waals surface area contributed by atoms with Gasteiger partial charge in [-0.05, 0) is 31.6 Å². The van der Waals surface area contributed by atoms with Gasteiger partial charge in [0.2, 0.25) is 0 Å². The lowest BCUT2D eigenvalue weighted by atomic mass is 9.93. The van der Waals surface area contributed by atoms with E-state index >= 15 is 0 Å². The Bertz CT molecular complexity index is 1420. The first kappa shape index (κ1) is 95.7. The number of unbranched alkanes of at least 4 members (excludes halogenated alkanes) is 71. The zero-order chi connectivity index (χ0) is 69.2. The topological polar surface area (TPSA) is 80.7 Å². The molecule has 0 fully saturated rings. The molecule has 0 bridgehead atoms. The van der Waals surface area contributed by atoms with Crippen LogP contribution in [0, 0.1) is 11.8 Å². The smallest absolute Gasteiger partial charge is 0.314 e. The van der Waals surface area contributed by atoms with E-state index in [0.29, 0.717) is 25.9 Å². The van der Waals surface area contributed by atoms with Crippen LogP contribution in [0.4, 0.5) is 0 Å². The minimum Gasteiger partial charge on any atom is -0.481 e. The van der Waals surface area contributed by atoms with E-state index in [-0.39, 0.29) is 11.8 Å². The predicted molar refractivity (Wildman–Crippen MR) is 424 cm³/mol. The minimum atomic E-state index is -0.902. The number of rotatable bonds is 83. The molecule has 95 heavy (non-hydrogen) atoms. The predicted octanol–water partition coefficient (Wildman–Crippen LogP) is 32.3. The van der Waals surface area contributed by atoms with Crippen molar-refractivity contribution < 1.29 is 24.2 Å². The normalized spacial score (nSPS) is 11.9. The van der Waals surface area contributed by atoms with E-state index in [1.807, 2.05) is 0 Å². The van der Waals surface area contributed by atoms with Gasteiger partial charge in [-0.15, -0.1) is 0 Å². The molecule has 1 atom stereocenters. The Morgan fingerprint density at radius 3 is 0.621 bits per heavy atom. The summed E-state index contributed by atoms with van der Waals surface area (Å²) in [6.07, 6.45) is 105. The fourth-order valence-electron chi connectivity index (χ4n) is 14.5. The zero-order valence-electron chi connectivity index (χ0n) is 66.3.